The number of ether oxygens (including phenoxy) is 4. The fourth-order valence-corrected chi connectivity index (χ4v) is 4.00. The monoisotopic (exact) mass is 540 g/mol. The number of unbranched alkanes of at least 4 members (excludes halogenated alkanes) is 2. The molecule has 7 heteroatoms. The fourth-order valence-electron chi connectivity index (χ4n) is 4.00. The first-order chi connectivity index (χ1) is 19.6. The van der Waals surface area contributed by atoms with Gasteiger partial charge < -0.3 is 18.9 Å². The third kappa shape index (κ3) is 8.83. The van der Waals surface area contributed by atoms with E-state index < -0.39 is 6.16 Å². The maximum atomic E-state index is 12.8. The Morgan fingerprint density at radius 2 is 1.05 bits per heavy atom. The Morgan fingerprint density at radius 1 is 0.625 bits per heavy atom. The van der Waals surface area contributed by atoms with Gasteiger partial charge in [0.1, 0.15) is 11.5 Å². The maximum Gasteiger partial charge on any atom is 0.522 e. The minimum Gasteiger partial charge on any atom is -0.494 e. The second-order valence-electron chi connectivity index (χ2n) is 9.43. The lowest BCUT2D eigenvalue weighted by Gasteiger charge is -2.12. The van der Waals surface area contributed by atoms with Gasteiger partial charge in [-0.2, -0.15) is 0 Å². The van der Waals surface area contributed by atoms with Crippen molar-refractivity contribution >= 4 is 6.16 Å². The van der Waals surface area contributed by atoms with E-state index >= 15 is 0 Å². The van der Waals surface area contributed by atoms with Crippen LogP contribution >= 0.6 is 0 Å². The van der Waals surface area contributed by atoms with Crippen LogP contribution in [0.2, 0.25) is 0 Å². The molecule has 208 valence electrons. The van der Waals surface area contributed by atoms with E-state index in [0.29, 0.717) is 26.1 Å². The number of hydrogen-bond acceptors (Lipinski definition) is 7. The molecule has 0 aliphatic carbocycles. The summed E-state index contributed by atoms with van der Waals surface area (Å²) in [4.78, 5) is 21.3. The molecule has 7 nitrogen and oxygen atoms in total. The Morgan fingerprint density at radius 3 is 1.45 bits per heavy atom. The summed E-state index contributed by atoms with van der Waals surface area (Å²) in [5, 5.41) is 0. The van der Waals surface area contributed by atoms with E-state index in [1.807, 2.05) is 72.8 Å². The summed E-state index contributed by atoms with van der Waals surface area (Å²) in [7, 11) is 0. The highest BCUT2D eigenvalue weighted by Crippen LogP contribution is 2.24. The molecule has 0 aliphatic heterocycles. The number of rotatable bonds is 14. The number of carbonyl (C=O) groups is 1. The van der Waals surface area contributed by atoms with Crippen molar-refractivity contribution in [1.29, 1.82) is 0 Å². The van der Waals surface area contributed by atoms with Gasteiger partial charge in [-0.05, 0) is 60.4 Å². The molecular formula is C33H36N2O5. The lowest BCUT2D eigenvalue weighted by atomic mass is 10.1. The number of nitrogens with zero attached hydrogens (tertiary/aromatic N) is 2. The molecule has 0 amide bonds. The molecule has 4 aromatic rings. The molecule has 0 unspecified atom stereocenters. The third-order valence-corrected chi connectivity index (χ3v) is 6.23. The van der Waals surface area contributed by atoms with Crippen LogP contribution in [0.4, 0.5) is 4.79 Å². The van der Waals surface area contributed by atoms with Gasteiger partial charge in [0.25, 0.3) is 0 Å². The topological polar surface area (TPSA) is 79.8 Å². The summed E-state index contributed by atoms with van der Waals surface area (Å²) in [6.07, 6.45) is 7.59. The van der Waals surface area contributed by atoms with Crippen molar-refractivity contribution in [1.82, 2.24) is 9.97 Å². The quantitative estimate of drug-likeness (QED) is 0.120. The number of hydrogen-bond donors (Lipinski definition) is 0. The van der Waals surface area contributed by atoms with Crippen LogP contribution in [0.5, 0.6) is 23.3 Å². The molecular weight excluding hydrogens is 504 g/mol. The van der Waals surface area contributed by atoms with E-state index in [4.69, 9.17) is 18.9 Å². The van der Waals surface area contributed by atoms with Crippen LogP contribution in [0.1, 0.15) is 61.8 Å². The Labute approximate surface area is 236 Å². The first-order valence-corrected chi connectivity index (χ1v) is 13.9. The third-order valence-electron chi connectivity index (χ3n) is 6.23. The summed E-state index contributed by atoms with van der Waals surface area (Å²) in [6.45, 7) is 5.68. The van der Waals surface area contributed by atoms with Gasteiger partial charge in [-0.1, -0.05) is 63.1 Å². The van der Waals surface area contributed by atoms with E-state index in [0.717, 1.165) is 59.4 Å². The van der Waals surface area contributed by atoms with E-state index in [1.54, 1.807) is 12.4 Å². The van der Waals surface area contributed by atoms with E-state index in [9.17, 15) is 4.79 Å². The molecule has 4 rings (SSSR count). The highest BCUT2D eigenvalue weighted by atomic mass is 16.7. The zero-order chi connectivity index (χ0) is 28.0. The molecule has 0 radical (unpaired) electrons. The van der Waals surface area contributed by atoms with Gasteiger partial charge in [-0.3, -0.25) is 0 Å². The number of aromatic nitrogens is 2. The van der Waals surface area contributed by atoms with Crippen LogP contribution in [-0.2, 0) is 12.8 Å². The highest BCUT2D eigenvalue weighted by molar-refractivity contribution is 5.67. The van der Waals surface area contributed by atoms with Crippen LogP contribution in [0.25, 0.3) is 0 Å². The molecule has 0 saturated heterocycles. The molecule has 0 fully saturated rings. The zero-order valence-electron chi connectivity index (χ0n) is 23.2. The predicted molar refractivity (Wildman–Crippen MR) is 154 cm³/mol. The van der Waals surface area contributed by atoms with Crippen LogP contribution in [0.15, 0.2) is 85.2 Å². The molecule has 40 heavy (non-hydrogen) atoms. The first kappa shape index (κ1) is 28.6. The van der Waals surface area contributed by atoms with Gasteiger partial charge in [-0.25, -0.2) is 14.8 Å². The summed E-state index contributed by atoms with van der Waals surface area (Å²) in [6, 6.07) is 23.2. The largest absolute Gasteiger partial charge is 0.522 e. The summed E-state index contributed by atoms with van der Waals surface area (Å²) in [5.41, 5.74) is 3.62. The summed E-state index contributed by atoms with van der Waals surface area (Å²) < 4.78 is 22.5. The van der Waals surface area contributed by atoms with Crippen LogP contribution < -0.4 is 18.9 Å². The van der Waals surface area contributed by atoms with E-state index in [2.05, 4.69) is 23.8 Å². The Hall–Kier alpha value is -4.39. The van der Waals surface area contributed by atoms with Crippen molar-refractivity contribution in [3.8, 4) is 23.3 Å². The number of carbonyl (C=O) groups excluding carboxylic acids is 1. The lowest BCUT2D eigenvalue weighted by Crippen LogP contribution is -2.17. The molecule has 0 N–H and O–H groups in total. The Kier molecular flexibility index (Phi) is 10.9. The number of benzene rings is 2. The average molecular weight is 541 g/mol. The lowest BCUT2D eigenvalue weighted by molar-refractivity contribution is 0.147. The summed E-state index contributed by atoms with van der Waals surface area (Å²) in [5.74, 6) is 2.08. The van der Waals surface area contributed by atoms with Crippen molar-refractivity contribution in [2.24, 2.45) is 0 Å². The number of pyridine rings is 2. The SMILES string of the molecule is CCCCOc1ccc(Cc2cccnc2OC(=O)Oc2ncccc2Cc2ccc(OCCCC)cc2)cc1. The standard InChI is InChI=1S/C33H36N2O5/c1-3-5-21-37-29-15-11-25(12-16-29)23-27-9-7-19-34-31(27)39-33(36)40-32-28(10-8-20-35-32)24-26-13-17-30(18-14-26)38-22-6-4-2/h7-20H,3-6,21-24H2,1-2H3. The van der Waals surface area contributed by atoms with Crippen molar-refractivity contribution < 1.29 is 23.7 Å². The first-order valence-electron chi connectivity index (χ1n) is 13.9. The average Bonchev–Trinajstić information content (AvgIpc) is 2.97. The molecule has 2 heterocycles. The van der Waals surface area contributed by atoms with Crippen molar-refractivity contribution in [3.05, 3.63) is 107 Å². The molecule has 0 spiro atoms. The van der Waals surface area contributed by atoms with Crippen molar-refractivity contribution in [3.63, 3.8) is 0 Å². The van der Waals surface area contributed by atoms with Crippen LogP contribution in [0, 0.1) is 0 Å². The molecule has 0 saturated carbocycles. The van der Waals surface area contributed by atoms with Gasteiger partial charge >= 0.3 is 6.16 Å². The van der Waals surface area contributed by atoms with E-state index in [-0.39, 0.29) is 11.8 Å². The molecule has 0 atom stereocenters. The smallest absolute Gasteiger partial charge is 0.494 e. The summed E-state index contributed by atoms with van der Waals surface area (Å²) >= 11 is 0. The van der Waals surface area contributed by atoms with Crippen LogP contribution in [-0.4, -0.2) is 29.3 Å². The maximum absolute atomic E-state index is 12.8. The molecule has 2 aromatic carbocycles. The van der Waals surface area contributed by atoms with Gasteiger partial charge in [0.15, 0.2) is 0 Å². The van der Waals surface area contributed by atoms with Crippen molar-refractivity contribution in [2.75, 3.05) is 13.2 Å². The second kappa shape index (κ2) is 15.3. The molecule has 0 bridgehead atoms. The molecule has 0 aliphatic rings. The Balaban J connectivity index is 1.37. The van der Waals surface area contributed by atoms with Gasteiger partial charge in [0, 0.05) is 36.4 Å². The van der Waals surface area contributed by atoms with Gasteiger partial charge in [-0.15, -0.1) is 0 Å². The zero-order valence-corrected chi connectivity index (χ0v) is 23.2. The molecule has 2 aromatic heterocycles. The second-order valence-corrected chi connectivity index (χ2v) is 9.43. The highest BCUT2D eigenvalue weighted by Gasteiger charge is 2.16. The normalized spacial score (nSPS) is 10.7. The predicted octanol–water partition coefficient (Wildman–Crippen LogP) is 7.59. The van der Waals surface area contributed by atoms with Crippen molar-refractivity contribution in [2.45, 2.75) is 52.4 Å². The fraction of sp³-hybridized carbons (Fsp3) is 0.303. The minimum absolute atomic E-state index is 0.201. The Bertz CT molecular complexity index is 1240. The minimum atomic E-state index is -0.890. The van der Waals surface area contributed by atoms with Crippen LogP contribution in [0.3, 0.4) is 0 Å². The van der Waals surface area contributed by atoms with Gasteiger partial charge in [0.05, 0.1) is 13.2 Å². The van der Waals surface area contributed by atoms with E-state index in [1.165, 1.54) is 0 Å². The van der Waals surface area contributed by atoms with Gasteiger partial charge in [0.2, 0.25) is 11.8 Å².